The van der Waals surface area contributed by atoms with Crippen LogP contribution in [0.2, 0.25) is 0 Å². The number of benzene rings is 1. The third-order valence-electron chi connectivity index (χ3n) is 2.49. The second kappa shape index (κ2) is 5.19. The van der Waals surface area contributed by atoms with Gasteiger partial charge in [-0.25, -0.2) is 9.78 Å². The Bertz CT molecular complexity index is 675. The Morgan fingerprint density at radius 3 is 2.79 bits per heavy atom. The number of carbonyl (C=O) groups is 1. The summed E-state index contributed by atoms with van der Waals surface area (Å²) in [5.41, 5.74) is 1.08. The molecule has 0 amide bonds. The fourth-order valence-electron chi connectivity index (χ4n) is 1.54. The summed E-state index contributed by atoms with van der Waals surface area (Å²) >= 11 is 0. The largest absolute Gasteiger partial charge is 0.478 e. The van der Waals surface area contributed by atoms with Crippen molar-refractivity contribution in [1.29, 1.82) is 5.26 Å². The monoisotopic (exact) mass is 254 g/mol. The summed E-state index contributed by atoms with van der Waals surface area (Å²) in [6.07, 6.45) is 1.22. The van der Waals surface area contributed by atoms with Gasteiger partial charge in [0.15, 0.2) is 0 Å². The van der Waals surface area contributed by atoms with Gasteiger partial charge in [0.2, 0.25) is 5.88 Å². The molecular weight excluding hydrogens is 244 g/mol. The molecule has 0 aliphatic carbocycles. The van der Waals surface area contributed by atoms with Gasteiger partial charge in [-0.3, -0.25) is 0 Å². The van der Waals surface area contributed by atoms with Crippen LogP contribution in [0.4, 0.5) is 0 Å². The van der Waals surface area contributed by atoms with E-state index in [-0.39, 0.29) is 11.4 Å². The zero-order chi connectivity index (χ0) is 13.8. The molecule has 0 radical (unpaired) electrons. The topological polar surface area (TPSA) is 83.2 Å². The number of carboxylic acid groups (broad SMARTS) is 1. The van der Waals surface area contributed by atoms with E-state index < -0.39 is 5.97 Å². The van der Waals surface area contributed by atoms with E-state index in [1.165, 1.54) is 12.3 Å². The minimum atomic E-state index is -1.04. The van der Waals surface area contributed by atoms with Crippen LogP contribution in [0.25, 0.3) is 0 Å². The molecule has 0 fully saturated rings. The van der Waals surface area contributed by atoms with Crippen molar-refractivity contribution in [3.8, 4) is 17.7 Å². The number of carboxylic acids is 1. The number of nitriles is 1. The molecule has 2 aromatic rings. The summed E-state index contributed by atoms with van der Waals surface area (Å²) in [6, 6.07) is 10.3. The summed E-state index contributed by atoms with van der Waals surface area (Å²) in [7, 11) is 0. The number of ether oxygens (including phenoxy) is 1. The Morgan fingerprint density at radius 1 is 1.42 bits per heavy atom. The van der Waals surface area contributed by atoms with Crippen LogP contribution in [-0.2, 0) is 0 Å². The van der Waals surface area contributed by atoms with Crippen LogP contribution < -0.4 is 4.74 Å². The molecule has 94 valence electrons. The van der Waals surface area contributed by atoms with Crippen molar-refractivity contribution in [3.05, 3.63) is 53.2 Å². The maximum absolute atomic E-state index is 10.8. The molecule has 1 aromatic carbocycles. The van der Waals surface area contributed by atoms with Crippen molar-refractivity contribution in [2.24, 2.45) is 0 Å². The van der Waals surface area contributed by atoms with E-state index in [2.05, 4.69) is 4.98 Å². The summed E-state index contributed by atoms with van der Waals surface area (Å²) in [4.78, 5) is 14.8. The Balaban J connectivity index is 2.34. The van der Waals surface area contributed by atoms with Gasteiger partial charge in [-0.05, 0) is 25.1 Å². The van der Waals surface area contributed by atoms with Crippen molar-refractivity contribution in [2.75, 3.05) is 0 Å². The minimum Gasteiger partial charge on any atom is -0.478 e. The molecule has 0 spiro atoms. The highest BCUT2D eigenvalue weighted by molar-refractivity contribution is 5.87. The molecule has 0 saturated heterocycles. The minimum absolute atomic E-state index is 0.0958. The lowest BCUT2D eigenvalue weighted by Crippen LogP contribution is -2.00. The first kappa shape index (κ1) is 12.6. The molecule has 2 rings (SSSR count). The molecule has 0 aliphatic rings. The molecule has 0 aliphatic heterocycles. The average molecular weight is 254 g/mol. The first-order valence-corrected chi connectivity index (χ1v) is 5.48. The molecule has 1 heterocycles. The van der Waals surface area contributed by atoms with E-state index in [4.69, 9.17) is 15.1 Å². The number of rotatable bonds is 3. The number of aromatic carboxylic acids is 1. The van der Waals surface area contributed by atoms with E-state index in [0.717, 1.165) is 0 Å². The molecule has 1 N–H and O–H groups in total. The van der Waals surface area contributed by atoms with Crippen LogP contribution >= 0.6 is 0 Å². The maximum atomic E-state index is 10.8. The molecule has 19 heavy (non-hydrogen) atoms. The summed E-state index contributed by atoms with van der Waals surface area (Å²) in [5.74, 6) is -0.365. The lowest BCUT2D eigenvalue weighted by molar-refractivity contribution is 0.0696. The quantitative estimate of drug-likeness (QED) is 0.910. The van der Waals surface area contributed by atoms with Gasteiger partial charge in [-0.1, -0.05) is 12.1 Å². The lowest BCUT2D eigenvalue weighted by Gasteiger charge is -2.08. The second-order valence-corrected chi connectivity index (χ2v) is 3.86. The summed E-state index contributed by atoms with van der Waals surface area (Å²) in [6.45, 7) is 1.70. The number of hydrogen-bond acceptors (Lipinski definition) is 4. The van der Waals surface area contributed by atoms with Crippen molar-refractivity contribution in [1.82, 2.24) is 4.98 Å². The fourth-order valence-corrected chi connectivity index (χ4v) is 1.54. The first-order chi connectivity index (χ1) is 9.11. The van der Waals surface area contributed by atoms with Crippen molar-refractivity contribution < 1.29 is 14.6 Å². The molecule has 0 bridgehead atoms. The van der Waals surface area contributed by atoms with Crippen molar-refractivity contribution in [3.63, 3.8) is 0 Å². The van der Waals surface area contributed by atoms with E-state index in [1.54, 1.807) is 31.2 Å². The average Bonchev–Trinajstić information content (AvgIpc) is 2.41. The predicted molar refractivity (Wildman–Crippen MR) is 67.2 cm³/mol. The van der Waals surface area contributed by atoms with Crippen LogP contribution in [0.5, 0.6) is 11.6 Å². The van der Waals surface area contributed by atoms with Crippen molar-refractivity contribution in [2.45, 2.75) is 6.92 Å². The second-order valence-electron chi connectivity index (χ2n) is 3.86. The first-order valence-electron chi connectivity index (χ1n) is 5.48. The third kappa shape index (κ3) is 2.69. The Morgan fingerprint density at radius 2 is 2.16 bits per heavy atom. The smallest absolute Gasteiger partial charge is 0.337 e. The van der Waals surface area contributed by atoms with E-state index in [0.29, 0.717) is 16.9 Å². The molecule has 0 saturated carbocycles. The summed E-state index contributed by atoms with van der Waals surface area (Å²) < 4.78 is 5.54. The lowest BCUT2D eigenvalue weighted by atomic mass is 10.2. The van der Waals surface area contributed by atoms with Crippen LogP contribution in [0.1, 0.15) is 21.5 Å². The highest BCUT2D eigenvalue weighted by atomic mass is 16.5. The highest BCUT2D eigenvalue weighted by Crippen LogP contribution is 2.25. The summed E-state index contributed by atoms with van der Waals surface area (Å²) in [5, 5.41) is 17.8. The van der Waals surface area contributed by atoms with Gasteiger partial charge in [-0.2, -0.15) is 5.26 Å². The van der Waals surface area contributed by atoms with Gasteiger partial charge < -0.3 is 9.84 Å². The Labute approximate surface area is 109 Å². The van der Waals surface area contributed by atoms with Gasteiger partial charge in [0.25, 0.3) is 0 Å². The Kier molecular flexibility index (Phi) is 3.44. The number of hydrogen-bond donors (Lipinski definition) is 1. The molecular formula is C14H10N2O3. The maximum Gasteiger partial charge on any atom is 0.337 e. The number of pyridine rings is 1. The molecule has 1 aromatic heterocycles. The fraction of sp³-hybridized carbons (Fsp3) is 0.0714. The number of aryl methyl sites for hydroxylation is 1. The standard InChI is InChI=1S/C14H10N2O3/c1-9-6-11(14(17)18)8-16-13(9)19-12-5-3-2-4-10(12)7-15/h2-6,8H,1H3,(H,17,18). The normalized spacial score (nSPS) is 9.68. The van der Waals surface area contributed by atoms with Crippen LogP contribution in [-0.4, -0.2) is 16.1 Å². The molecule has 5 nitrogen and oxygen atoms in total. The van der Waals surface area contributed by atoms with Crippen LogP contribution in [0.3, 0.4) is 0 Å². The zero-order valence-electron chi connectivity index (χ0n) is 10.1. The van der Waals surface area contributed by atoms with Gasteiger partial charge in [-0.15, -0.1) is 0 Å². The zero-order valence-corrected chi connectivity index (χ0v) is 10.1. The molecule has 0 atom stereocenters. The van der Waals surface area contributed by atoms with Gasteiger partial charge in [0.1, 0.15) is 11.8 Å². The van der Waals surface area contributed by atoms with E-state index >= 15 is 0 Å². The number of para-hydroxylation sites is 1. The van der Waals surface area contributed by atoms with Crippen LogP contribution in [0.15, 0.2) is 36.5 Å². The number of aromatic nitrogens is 1. The molecule has 0 unspecified atom stereocenters. The molecule has 5 heteroatoms. The van der Waals surface area contributed by atoms with Gasteiger partial charge >= 0.3 is 5.97 Å². The Hall–Kier alpha value is -2.87. The van der Waals surface area contributed by atoms with E-state index in [1.807, 2.05) is 6.07 Å². The number of nitrogens with zero attached hydrogens (tertiary/aromatic N) is 2. The van der Waals surface area contributed by atoms with Gasteiger partial charge in [0.05, 0.1) is 11.1 Å². The highest BCUT2D eigenvalue weighted by Gasteiger charge is 2.10. The predicted octanol–water partition coefficient (Wildman–Crippen LogP) is 2.75. The van der Waals surface area contributed by atoms with Crippen molar-refractivity contribution >= 4 is 5.97 Å². The SMILES string of the molecule is Cc1cc(C(=O)O)cnc1Oc1ccccc1C#N. The van der Waals surface area contributed by atoms with Crippen LogP contribution in [0, 0.1) is 18.3 Å². The van der Waals surface area contributed by atoms with Gasteiger partial charge in [0, 0.05) is 11.8 Å². The van der Waals surface area contributed by atoms with E-state index in [9.17, 15) is 4.79 Å². The third-order valence-corrected chi connectivity index (χ3v) is 2.49.